The zero-order chi connectivity index (χ0) is 15.9. The van der Waals surface area contributed by atoms with E-state index in [1.54, 1.807) is 0 Å². The van der Waals surface area contributed by atoms with Crippen molar-refractivity contribution in [1.29, 1.82) is 0 Å². The van der Waals surface area contributed by atoms with Crippen LogP contribution in [0.3, 0.4) is 0 Å². The molecular weight excluding hydrogens is 325 g/mol. The van der Waals surface area contributed by atoms with Crippen LogP contribution in [0.4, 0.5) is 11.5 Å². The maximum absolute atomic E-state index is 11.2. The van der Waals surface area contributed by atoms with Crippen LogP contribution < -0.4 is 4.90 Å². The fraction of sp³-hybridized carbons (Fsp3) is 0.267. The van der Waals surface area contributed by atoms with Gasteiger partial charge in [0.15, 0.2) is 5.82 Å². The number of halogens is 2. The Kier molecular flexibility index (Phi) is 3.70. The molecule has 0 saturated heterocycles. The van der Waals surface area contributed by atoms with Gasteiger partial charge in [-0.05, 0) is 23.2 Å². The molecule has 0 saturated carbocycles. The predicted octanol–water partition coefficient (Wildman–Crippen LogP) is 3.67. The average Bonchev–Trinajstić information content (AvgIpc) is 2.74. The number of fused-ring (bicyclic) bond motifs is 1. The average molecular weight is 338 g/mol. The molecule has 5 nitrogen and oxygen atoms in total. The summed E-state index contributed by atoms with van der Waals surface area (Å²) in [5.41, 5.74) is 1.33. The summed E-state index contributed by atoms with van der Waals surface area (Å²) in [5, 5.41) is 9.70. The van der Waals surface area contributed by atoms with Crippen molar-refractivity contribution in [1.82, 2.24) is 9.97 Å². The molecule has 22 heavy (non-hydrogen) atoms. The fourth-order valence-corrected chi connectivity index (χ4v) is 3.26. The van der Waals surface area contributed by atoms with Crippen LogP contribution in [-0.4, -0.2) is 27.6 Å². The lowest BCUT2D eigenvalue weighted by molar-refractivity contribution is -0.138. The second-order valence-corrected chi connectivity index (χ2v) is 6.29. The van der Waals surface area contributed by atoms with Crippen molar-refractivity contribution in [3.63, 3.8) is 0 Å². The largest absolute Gasteiger partial charge is 0.481 e. The van der Waals surface area contributed by atoms with Crippen molar-refractivity contribution in [2.45, 2.75) is 18.8 Å². The molecule has 0 aliphatic carbocycles. The third kappa shape index (κ3) is 2.51. The van der Waals surface area contributed by atoms with E-state index < -0.39 is 11.4 Å². The van der Waals surface area contributed by atoms with Gasteiger partial charge in [0.25, 0.3) is 0 Å². The molecule has 7 heteroatoms. The van der Waals surface area contributed by atoms with E-state index in [9.17, 15) is 9.90 Å². The highest BCUT2D eigenvalue weighted by Crippen LogP contribution is 2.46. The minimum Gasteiger partial charge on any atom is -0.481 e. The highest BCUT2D eigenvalue weighted by Gasteiger charge is 2.41. The number of hydrogen-bond donors (Lipinski definition) is 1. The number of hydrogen-bond acceptors (Lipinski definition) is 4. The molecule has 2 heterocycles. The molecule has 0 unspecified atom stereocenters. The summed E-state index contributed by atoms with van der Waals surface area (Å²) in [6.07, 6.45) is 1.47. The first-order valence-corrected chi connectivity index (χ1v) is 7.43. The minimum absolute atomic E-state index is 0.0248. The van der Waals surface area contributed by atoms with Gasteiger partial charge in [0.05, 0.1) is 12.6 Å². The lowest BCUT2D eigenvalue weighted by Crippen LogP contribution is -2.31. The molecule has 0 bridgehead atoms. The molecule has 2 aromatic rings. The third-order valence-corrected chi connectivity index (χ3v) is 4.29. The van der Waals surface area contributed by atoms with Crippen molar-refractivity contribution >= 4 is 40.7 Å². The van der Waals surface area contributed by atoms with Crippen LogP contribution in [0, 0.1) is 0 Å². The Morgan fingerprint density at radius 2 is 2.14 bits per heavy atom. The van der Waals surface area contributed by atoms with Gasteiger partial charge in [-0.1, -0.05) is 36.7 Å². The van der Waals surface area contributed by atoms with Crippen LogP contribution in [0.5, 0.6) is 0 Å². The van der Waals surface area contributed by atoms with E-state index in [1.807, 2.05) is 36.1 Å². The van der Waals surface area contributed by atoms with Crippen LogP contribution in [0.1, 0.15) is 18.9 Å². The summed E-state index contributed by atoms with van der Waals surface area (Å²) in [6.45, 7) is 2.39. The molecule has 0 spiro atoms. The standard InChI is InChI=1S/C15H13Cl2N3O2/c1-15(6-12(21)22)8-20(11-5-3-2-4-9(11)15)13-10(16)7-18-14(17)19-13/h2-5,7H,6,8H2,1H3,(H,21,22)/t15-/m1/s1. The zero-order valence-electron chi connectivity index (χ0n) is 11.8. The highest BCUT2D eigenvalue weighted by atomic mass is 35.5. The van der Waals surface area contributed by atoms with E-state index in [0.717, 1.165) is 11.3 Å². The minimum atomic E-state index is -0.842. The Bertz CT molecular complexity index is 753. The number of nitrogens with zero attached hydrogens (tertiary/aromatic N) is 3. The van der Waals surface area contributed by atoms with Crippen LogP contribution in [-0.2, 0) is 10.2 Å². The van der Waals surface area contributed by atoms with E-state index in [0.29, 0.717) is 17.4 Å². The molecule has 1 aliphatic heterocycles. The van der Waals surface area contributed by atoms with E-state index >= 15 is 0 Å². The number of benzene rings is 1. The topological polar surface area (TPSA) is 66.3 Å². The van der Waals surface area contributed by atoms with Gasteiger partial charge < -0.3 is 10.0 Å². The van der Waals surface area contributed by atoms with Gasteiger partial charge in [-0.2, -0.15) is 4.98 Å². The monoisotopic (exact) mass is 337 g/mol. The molecule has 0 radical (unpaired) electrons. The first kappa shape index (κ1) is 15.1. The molecule has 0 amide bonds. The Morgan fingerprint density at radius 1 is 1.41 bits per heavy atom. The first-order valence-electron chi connectivity index (χ1n) is 6.67. The number of aliphatic carboxylic acids is 1. The van der Waals surface area contributed by atoms with Gasteiger partial charge in [0, 0.05) is 17.6 Å². The molecule has 1 aromatic heterocycles. The van der Waals surface area contributed by atoms with Crippen LogP contribution in [0.15, 0.2) is 30.5 Å². The normalized spacial score (nSPS) is 20.0. The lowest BCUT2D eigenvalue weighted by atomic mass is 9.81. The van der Waals surface area contributed by atoms with Gasteiger partial charge in [0.2, 0.25) is 5.28 Å². The molecule has 1 aromatic carbocycles. The number of rotatable bonds is 3. The molecule has 1 atom stereocenters. The summed E-state index contributed by atoms with van der Waals surface area (Å²) in [5.74, 6) is -0.353. The number of aromatic nitrogens is 2. The lowest BCUT2D eigenvalue weighted by Gasteiger charge is -2.24. The van der Waals surface area contributed by atoms with Gasteiger partial charge in [-0.15, -0.1) is 0 Å². The van der Waals surface area contributed by atoms with Crippen molar-refractivity contribution in [2.24, 2.45) is 0 Å². The van der Waals surface area contributed by atoms with Crippen molar-refractivity contribution in [2.75, 3.05) is 11.4 Å². The highest BCUT2D eigenvalue weighted by molar-refractivity contribution is 6.33. The predicted molar refractivity (Wildman–Crippen MR) is 85.1 cm³/mol. The van der Waals surface area contributed by atoms with Crippen LogP contribution in [0.25, 0.3) is 0 Å². The molecule has 114 valence electrons. The molecule has 0 fully saturated rings. The third-order valence-electron chi connectivity index (χ3n) is 3.85. The number of carboxylic acid groups (broad SMARTS) is 1. The number of anilines is 2. The summed E-state index contributed by atoms with van der Waals surface area (Å²) < 4.78 is 0. The van der Waals surface area contributed by atoms with E-state index in [2.05, 4.69) is 9.97 Å². The van der Waals surface area contributed by atoms with Crippen molar-refractivity contribution in [3.05, 3.63) is 46.3 Å². The van der Waals surface area contributed by atoms with Crippen molar-refractivity contribution < 1.29 is 9.90 Å². The van der Waals surface area contributed by atoms with Gasteiger partial charge >= 0.3 is 5.97 Å². The molecule has 3 rings (SSSR count). The van der Waals surface area contributed by atoms with Gasteiger partial charge in [-0.3, -0.25) is 4.79 Å². The summed E-state index contributed by atoms with van der Waals surface area (Å²) in [6, 6.07) is 7.66. The quantitative estimate of drug-likeness (QED) is 0.865. The maximum atomic E-state index is 11.2. The van der Waals surface area contributed by atoms with Gasteiger partial charge in [0.1, 0.15) is 5.02 Å². The maximum Gasteiger partial charge on any atom is 0.304 e. The summed E-state index contributed by atoms with van der Waals surface area (Å²) in [7, 11) is 0. The SMILES string of the molecule is C[C@@]1(CC(=O)O)CN(c2nc(Cl)ncc2Cl)c2ccccc21. The summed E-state index contributed by atoms with van der Waals surface area (Å²) >= 11 is 12.1. The van der Waals surface area contributed by atoms with E-state index in [1.165, 1.54) is 6.20 Å². The van der Waals surface area contributed by atoms with Gasteiger partial charge in [-0.25, -0.2) is 4.98 Å². The summed E-state index contributed by atoms with van der Waals surface area (Å²) in [4.78, 5) is 21.2. The van der Waals surface area contributed by atoms with E-state index in [-0.39, 0.29) is 11.7 Å². The van der Waals surface area contributed by atoms with E-state index in [4.69, 9.17) is 23.2 Å². The van der Waals surface area contributed by atoms with Crippen LogP contribution >= 0.6 is 23.2 Å². The molecule has 1 aliphatic rings. The Labute approximate surface area is 137 Å². The Balaban J connectivity index is 2.12. The van der Waals surface area contributed by atoms with Crippen molar-refractivity contribution in [3.8, 4) is 0 Å². The first-order chi connectivity index (χ1) is 10.4. The second-order valence-electron chi connectivity index (χ2n) is 5.55. The Hall–Kier alpha value is -1.85. The number of carbonyl (C=O) groups is 1. The van der Waals surface area contributed by atoms with Crippen LogP contribution in [0.2, 0.25) is 10.3 Å². The fourth-order valence-electron chi connectivity index (χ4n) is 2.94. The second kappa shape index (κ2) is 5.41. The number of carboxylic acids is 1. The zero-order valence-corrected chi connectivity index (χ0v) is 13.3. The smallest absolute Gasteiger partial charge is 0.304 e. The molecule has 1 N–H and O–H groups in total. The number of para-hydroxylation sites is 1. The Morgan fingerprint density at radius 3 is 2.86 bits per heavy atom. The molecular formula is C15H13Cl2N3O2.